The summed E-state index contributed by atoms with van der Waals surface area (Å²) in [6.45, 7) is 13.8. The van der Waals surface area contributed by atoms with Crippen LogP contribution in [-0.4, -0.2) is 18.0 Å². The van der Waals surface area contributed by atoms with Crippen LogP contribution in [-0.2, 0) is 0 Å². The Balaban J connectivity index is 3.98. The zero-order chi connectivity index (χ0) is 8.69. The predicted molar refractivity (Wildman–Crippen MR) is 51.4 cm³/mol. The lowest BCUT2D eigenvalue weighted by molar-refractivity contribution is 0.396. The van der Waals surface area contributed by atoms with E-state index in [2.05, 4.69) is 31.9 Å². The quantitative estimate of drug-likeness (QED) is 0.546. The van der Waals surface area contributed by atoms with Crippen LogP contribution in [0.15, 0.2) is 37.1 Å². The van der Waals surface area contributed by atoms with Gasteiger partial charge in [0.25, 0.3) is 0 Å². The van der Waals surface area contributed by atoms with E-state index in [1.807, 2.05) is 12.2 Å². The van der Waals surface area contributed by atoms with Crippen LogP contribution >= 0.6 is 0 Å². The lowest BCUT2D eigenvalue weighted by Gasteiger charge is -2.20. The van der Waals surface area contributed by atoms with Crippen molar-refractivity contribution in [1.82, 2.24) is 4.90 Å². The third-order valence-corrected chi connectivity index (χ3v) is 1.59. The minimum atomic E-state index is 1.01. The van der Waals surface area contributed by atoms with Gasteiger partial charge in [-0.3, -0.25) is 0 Å². The zero-order valence-corrected chi connectivity index (χ0v) is 7.51. The molecule has 0 amide bonds. The van der Waals surface area contributed by atoms with E-state index < -0.39 is 0 Å². The highest BCUT2D eigenvalue weighted by molar-refractivity contribution is 5.16. The maximum absolute atomic E-state index is 3.93. The second-order valence-electron chi connectivity index (χ2n) is 2.26. The van der Waals surface area contributed by atoms with Crippen LogP contribution in [0.5, 0.6) is 0 Å². The third-order valence-electron chi connectivity index (χ3n) is 1.59. The van der Waals surface area contributed by atoms with Crippen LogP contribution in [0.3, 0.4) is 0 Å². The average molecular weight is 151 g/mol. The minimum absolute atomic E-state index is 1.01. The van der Waals surface area contributed by atoms with Crippen LogP contribution in [0.1, 0.15) is 13.8 Å². The first-order valence-corrected chi connectivity index (χ1v) is 3.99. The fourth-order valence-corrected chi connectivity index (χ4v) is 0.914. The average Bonchev–Trinajstić information content (AvgIpc) is 2.03. The lowest BCUT2D eigenvalue weighted by Crippen LogP contribution is -2.20. The molecule has 0 spiro atoms. The van der Waals surface area contributed by atoms with Crippen LogP contribution in [0.25, 0.3) is 0 Å². The summed E-state index contributed by atoms with van der Waals surface area (Å²) in [5, 5.41) is 0. The summed E-state index contributed by atoms with van der Waals surface area (Å²) in [5.74, 6) is 0. The van der Waals surface area contributed by atoms with Crippen molar-refractivity contribution in [2.45, 2.75) is 13.8 Å². The molecule has 0 aliphatic rings. The Bertz CT molecular complexity index is 152. The maximum atomic E-state index is 3.93. The first-order chi connectivity index (χ1) is 5.26. The van der Waals surface area contributed by atoms with E-state index in [4.69, 9.17) is 0 Å². The van der Waals surface area contributed by atoms with E-state index in [1.165, 1.54) is 0 Å². The largest absolute Gasteiger partial charge is 0.373 e. The molecular formula is C10H17N. The van der Waals surface area contributed by atoms with Gasteiger partial charge in [0.05, 0.1) is 0 Å². The molecule has 0 aromatic carbocycles. The fourth-order valence-electron chi connectivity index (χ4n) is 0.914. The van der Waals surface area contributed by atoms with Gasteiger partial charge in [-0.15, -0.1) is 0 Å². The summed E-state index contributed by atoms with van der Waals surface area (Å²) < 4.78 is 0. The van der Waals surface area contributed by atoms with Crippen molar-refractivity contribution >= 4 is 0 Å². The van der Waals surface area contributed by atoms with Gasteiger partial charge in [0, 0.05) is 18.8 Å². The van der Waals surface area contributed by atoms with Gasteiger partial charge in [0.1, 0.15) is 0 Å². The first kappa shape index (κ1) is 10.0. The summed E-state index contributed by atoms with van der Waals surface area (Å²) >= 11 is 0. The molecule has 0 aliphatic carbocycles. The van der Waals surface area contributed by atoms with Gasteiger partial charge < -0.3 is 4.90 Å². The number of rotatable bonds is 5. The maximum Gasteiger partial charge on any atom is 0.0292 e. The Labute approximate surface area is 69.7 Å². The van der Waals surface area contributed by atoms with Gasteiger partial charge in [-0.25, -0.2) is 0 Å². The van der Waals surface area contributed by atoms with Crippen molar-refractivity contribution < 1.29 is 0 Å². The van der Waals surface area contributed by atoms with E-state index >= 15 is 0 Å². The molecule has 0 rings (SSSR count). The number of hydrogen-bond donors (Lipinski definition) is 0. The van der Waals surface area contributed by atoms with Crippen LogP contribution < -0.4 is 0 Å². The Morgan fingerprint density at radius 1 is 1.36 bits per heavy atom. The summed E-state index contributed by atoms with van der Waals surface area (Å²) in [6, 6.07) is 0. The number of nitrogens with zero attached hydrogens (tertiary/aromatic N) is 1. The molecule has 0 aliphatic heterocycles. The van der Waals surface area contributed by atoms with E-state index in [1.54, 1.807) is 6.08 Å². The monoisotopic (exact) mass is 151 g/mol. The van der Waals surface area contributed by atoms with Gasteiger partial charge in [-0.05, 0) is 19.9 Å². The van der Waals surface area contributed by atoms with Crippen molar-refractivity contribution in [2.24, 2.45) is 0 Å². The molecule has 1 nitrogen and oxygen atoms in total. The van der Waals surface area contributed by atoms with Crippen molar-refractivity contribution in [3.63, 3.8) is 0 Å². The Morgan fingerprint density at radius 3 is 2.27 bits per heavy atom. The van der Waals surface area contributed by atoms with Gasteiger partial charge in [-0.2, -0.15) is 0 Å². The highest BCUT2D eigenvalue weighted by Gasteiger charge is 1.96. The molecule has 0 atom stereocenters. The second-order valence-corrected chi connectivity index (χ2v) is 2.26. The molecule has 0 N–H and O–H groups in total. The minimum Gasteiger partial charge on any atom is -0.373 e. The molecule has 0 heterocycles. The highest BCUT2D eigenvalue weighted by Crippen LogP contribution is 2.01. The van der Waals surface area contributed by atoms with Crippen molar-refractivity contribution in [2.75, 3.05) is 13.1 Å². The van der Waals surface area contributed by atoms with Crippen LogP contribution in [0, 0.1) is 0 Å². The SMILES string of the molecule is C=C/C=C\C(=C)N(CC)CC. The third kappa shape index (κ3) is 3.66. The van der Waals surface area contributed by atoms with Gasteiger partial charge in [-0.1, -0.05) is 25.3 Å². The topological polar surface area (TPSA) is 3.24 Å². The first-order valence-electron chi connectivity index (χ1n) is 3.99. The van der Waals surface area contributed by atoms with Crippen molar-refractivity contribution in [3.05, 3.63) is 37.1 Å². The molecule has 0 radical (unpaired) electrons. The Hall–Kier alpha value is -0.980. The van der Waals surface area contributed by atoms with E-state index in [0.29, 0.717) is 0 Å². The van der Waals surface area contributed by atoms with Crippen LogP contribution in [0.2, 0.25) is 0 Å². The van der Waals surface area contributed by atoms with E-state index in [9.17, 15) is 0 Å². The second kappa shape index (κ2) is 5.78. The summed E-state index contributed by atoms with van der Waals surface area (Å²) in [7, 11) is 0. The van der Waals surface area contributed by atoms with Gasteiger partial charge in [0.2, 0.25) is 0 Å². The summed E-state index contributed by atoms with van der Waals surface area (Å²) in [5.41, 5.74) is 1.05. The molecule has 0 fully saturated rings. The molecule has 0 aromatic rings. The molecule has 0 aromatic heterocycles. The van der Waals surface area contributed by atoms with Gasteiger partial charge >= 0.3 is 0 Å². The van der Waals surface area contributed by atoms with Crippen molar-refractivity contribution in [3.8, 4) is 0 Å². The molecule has 62 valence electrons. The molecule has 0 unspecified atom stereocenters. The molecule has 11 heavy (non-hydrogen) atoms. The molecule has 0 saturated heterocycles. The number of allylic oxidation sites excluding steroid dienone is 3. The van der Waals surface area contributed by atoms with E-state index in [-0.39, 0.29) is 0 Å². The lowest BCUT2D eigenvalue weighted by atomic mass is 10.3. The van der Waals surface area contributed by atoms with Crippen LogP contribution in [0.4, 0.5) is 0 Å². The smallest absolute Gasteiger partial charge is 0.0292 e. The number of likely N-dealkylation sites (N-methyl/N-ethyl adjacent to an activating group) is 1. The number of hydrogen-bond acceptors (Lipinski definition) is 1. The summed E-state index contributed by atoms with van der Waals surface area (Å²) in [4.78, 5) is 2.19. The van der Waals surface area contributed by atoms with E-state index in [0.717, 1.165) is 18.8 Å². The zero-order valence-electron chi connectivity index (χ0n) is 7.51. The highest BCUT2D eigenvalue weighted by atomic mass is 15.1. The van der Waals surface area contributed by atoms with Gasteiger partial charge in [0.15, 0.2) is 0 Å². The molecule has 1 heteroatoms. The Kier molecular flexibility index (Phi) is 5.26. The molecule has 0 bridgehead atoms. The standard InChI is InChI=1S/C10H17N/c1-5-8-9-10(4)11(6-2)7-3/h5,8-9H,1,4,6-7H2,2-3H3/b9-8-. The normalized spacial score (nSPS) is 10.0. The van der Waals surface area contributed by atoms with Crippen molar-refractivity contribution in [1.29, 1.82) is 0 Å². The Morgan fingerprint density at radius 2 is 1.91 bits per heavy atom. The fraction of sp³-hybridized carbons (Fsp3) is 0.400. The predicted octanol–water partition coefficient (Wildman–Crippen LogP) is 2.58. The molecule has 0 saturated carbocycles. The summed E-state index contributed by atoms with van der Waals surface area (Å²) in [6.07, 6.45) is 5.63. The molecular weight excluding hydrogens is 134 g/mol.